The zero-order chi connectivity index (χ0) is 25.6. The molecule has 0 aromatic heterocycles. The lowest BCUT2D eigenvalue weighted by Gasteiger charge is -2.24. The number of thioether (sulfide) groups is 2. The third-order valence-corrected chi connectivity index (χ3v) is 5.55. The van der Waals surface area contributed by atoms with Gasteiger partial charge in [-0.3, -0.25) is 24.0 Å². The number of hydrogen-bond acceptors (Lipinski definition) is 9. The number of hydrogen-bond donors (Lipinski definition) is 7. The molecule has 0 aromatic carbocycles. The number of aliphatic carboxylic acids is 1. The van der Waals surface area contributed by atoms with Crippen LogP contribution in [0.3, 0.4) is 0 Å². The molecule has 0 saturated carbocycles. The Morgan fingerprint density at radius 2 is 1.15 bits per heavy atom. The standard InChI is InChI=1S/C18H32N6O7S2/c1-32-5-3-10(22-15(27)9(19)7-13(20)25)16(28)24-12(8-14(21)26)17(29)23-11(18(30)31)4-6-33-2/h9-12H,3-8,19H2,1-2H3,(H2,20,25)(H2,21,26)(H,22,27)(H,23,29)(H,24,28)(H,30,31). The summed E-state index contributed by atoms with van der Waals surface area (Å²) < 4.78 is 0. The van der Waals surface area contributed by atoms with Crippen molar-refractivity contribution in [1.29, 1.82) is 0 Å². The predicted octanol–water partition coefficient (Wildman–Crippen LogP) is -2.89. The minimum Gasteiger partial charge on any atom is -0.480 e. The van der Waals surface area contributed by atoms with Gasteiger partial charge in [-0.1, -0.05) is 0 Å². The van der Waals surface area contributed by atoms with E-state index in [1.807, 2.05) is 0 Å². The van der Waals surface area contributed by atoms with E-state index in [-0.39, 0.29) is 12.8 Å². The van der Waals surface area contributed by atoms with Gasteiger partial charge < -0.3 is 38.3 Å². The number of rotatable bonds is 17. The van der Waals surface area contributed by atoms with Gasteiger partial charge in [0.05, 0.1) is 18.9 Å². The van der Waals surface area contributed by atoms with Crippen molar-refractivity contribution in [2.75, 3.05) is 24.0 Å². The van der Waals surface area contributed by atoms with Gasteiger partial charge in [0.25, 0.3) is 0 Å². The summed E-state index contributed by atoms with van der Waals surface area (Å²) in [6.45, 7) is 0. The number of nitrogens with one attached hydrogen (secondary N) is 3. The summed E-state index contributed by atoms with van der Waals surface area (Å²) in [6, 6.07) is -5.10. The van der Waals surface area contributed by atoms with E-state index in [4.69, 9.17) is 17.2 Å². The number of amides is 5. The molecule has 0 fully saturated rings. The predicted molar refractivity (Wildman–Crippen MR) is 125 cm³/mol. The molecule has 0 spiro atoms. The maximum atomic E-state index is 12.8. The van der Waals surface area contributed by atoms with Crippen molar-refractivity contribution in [3.63, 3.8) is 0 Å². The number of primary amides is 2. The van der Waals surface area contributed by atoms with Crippen molar-refractivity contribution >= 4 is 59.0 Å². The fourth-order valence-corrected chi connectivity index (χ4v) is 3.48. The first-order chi connectivity index (χ1) is 15.4. The molecule has 0 heterocycles. The van der Waals surface area contributed by atoms with E-state index in [0.29, 0.717) is 11.5 Å². The highest BCUT2D eigenvalue weighted by molar-refractivity contribution is 7.98. The van der Waals surface area contributed by atoms with Crippen molar-refractivity contribution in [2.45, 2.75) is 49.9 Å². The van der Waals surface area contributed by atoms with Crippen molar-refractivity contribution in [2.24, 2.45) is 17.2 Å². The topological polar surface area (TPSA) is 237 Å². The van der Waals surface area contributed by atoms with Gasteiger partial charge in [-0.05, 0) is 36.9 Å². The first kappa shape index (κ1) is 30.5. The van der Waals surface area contributed by atoms with Gasteiger partial charge in [0.15, 0.2) is 0 Å². The van der Waals surface area contributed by atoms with Crippen LogP contribution >= 0.6 is 23.5 Å². The van der Waals surface area contributed by atoms with Crippen molar-refractivity contribution in [3.8, 4) is 0 Å². The fourth-order valence-electron chi connectivity index (χ4n) is 2.54. The van der Waals surface area contributed by atoms with Crippen LogP contribution < -0.4 is 33.2 Å². The second kappa shape index (κ2) is 16.1. The molecule has 4 atom stereocenters. The van der Waals surface area contributed by atoms with Crippen LogP contribution in [0.25, 0.3) is 0 Å². The van der Waals surface area contributed by atoms with Crippen LogP contribution in [0.2, 0.25) is 0 Å². The Balaban J connectivity index is 5.45. The third kappa shape index (κ3) is 12.9. The monoisotopic (exact) mass is 508 g/mol. The zero-order valence-corrected chi connectivity index (χ0v) is 20.1. The minimum atomic E-state index is -1.46. The van der Waals surface area contributed by atoms with E-state index in [2.05, 4.69) is 16.0 Å². The smallest absolute Gasteiger partial charge is 0.326 e. The van der Waals surface area contributed by atoms with Crippen molar-refractivity contribution in [1.82, 2.24) is 16.0 Å². The number of nitrogens with two attached hydrogens (primary N) is 3. The van der Waals surface area contributed by atoms with Gasteiger partial charge in [-0.15, -0.1) is 0 Å². The maximum absolute atomic E-state index is 12.8. The Morgan fingerprint density at radius 1 is 0.727 bits per heavy atom. The Morgan fingerprint density at radius 3 is 1.61 bits per heavy atom. The highest BCUT2D eigenvalue weighted by Gasteiger charge is 2.31. The molecule has 0 aromatic rings. The third-order valence-electron chi connectivity index (χ3n) is 4.27. The molecule has 10 N–H and O–H groups in total. The van der Waals surface area contributed by atoms with Crippen LogP contribution in [-0.4, -0.2) is 88.8 Å². The molecule has 5 amide bonds. The van der Waals surface area contributed by atoms with Crippen LogP contribution in [0, 0.1) is 0 Å². The highest BCUT2D eigenvalue weighted by atomic mass is 32.2. The summed E-state index contributed by atoms with van der Waals surface area (Å²) in [6.07, 6.45) is 2.82. The van der Waals surface area contributed by atoms with Crippen molar-refractivity contribution < 1.29 is 33.9 Å². The molecule has 0 bridgehead atoms. The van der Waals surface area contributed by atoms with Gasteiger partial charge in [0, 0.05) is 0 Å². The molecule has 0 aliphatic rings. The van der Waals surface area contributed by atoms with Crippen LogP contribution in [0.4, 0.5) is 0 Å². The van der Waals surface area contributed by atoms with Gasteiger partial charge in [-0.25, -0.2) is 4.79 Å². The molecule has 15 heteroatoms. The number of carboxylic acid groups (broad SMARTS) is 1. The Labute approximate surface area is 200 Å². The van der Waals surface area contributed by atoms with Gasteiger partial charge in [0.1, 0.15) is 18.1 Å². The normalized spacial score (nSPS) is 14.3. The molecule has 13 nitrogen and oxygen atoms in total. The van der Waals surface area contributed by atoms with E-state index in [1.165, 1.54) is 23.5 Å². The van der Waals surface area contributed by atoms with Gasteiger partial charge in [0.2, 0.25) is 29.5 Å². The molecule has 33 heavy (non-hydrogen) atoms. The molecule has 0 aliphatic heterocycles. The number of carbonyl (C=O) groups excluding carboxylic acids is 5. The highest BCUT2D eigenvalue weighted by Crippen LogP contribution is 2.06. The lowest BCUT2D eigenvalue weighted by Crippen LogP contribution is -2.58. The molecule has 0 rings (SSSR count). The first-order valence-electron chi connectivity index (χ1n) is 9.86. The van der Waals surface area contributed by atoms with Crippen LogP contribution in [0.15, 0.2) is 0 Å². The Bertz CT molecular complexity index is 724. The molecule has 4 unspecified atom stereocenters. The minimum absolute atomic E-state index is 0.129. The first-order valence-corrected chi connectivity index (χ1v) is 12.7. The maximum Gasteiger partial charge on any atom is 0.326 e. The van der Waals surface area contributed by atoms with Crippen molar-refractivity contribution in [3.05, 3.63) is 0 Å². The second-order valence-electron chi connectivity index (χ2n) is 7.03. The number of carbonyl (C=O) groups is 6. The lowest BCUT2D eigenvalue weighted by atomic mass is 10.1. The zero-order valence-electron chi connectivity index (χ0n) is 18.5. The summed E-state index contributed by atoms with van der Waals surface area (Å²) in [4.78, 5) is 71.4. The average molecular weight is 509 g/mol. The second-order valence-corrected chi connectivity index (χ2v) is 9.00. The van der Waals surface area contributed by atoms with Crippen LogP contribution in [-0.2, 0) is 28.8 Å². The summed E-state index contributed by atoms with van der Waals surface area (Å²) in [5.41, 5.74) is 15.8. The molecule has 0 saturated heterocycles. The Kier molecular flexibility index (Phi) is 14.9. The Hall–Kier alpha value is -2.52. The summed E-state index contributed by atoms with van der Waals surface area (Å²) >= 11 is 2.78. The summed E-state index contributed by atoms with van der Waals surface area (Å²) in [5.74, 6) is -4.57. The van der Waals surface area contributed by atoms with E-state index < -0.39 is 72.5 Å². The summed E-state index contributed by atoms with van der Waals surface area (Å²) in [7, 11) is 0. The average Bonchev–Trinajstić information content (AvgIpc) is 2.71. The van der Waals surface area contributed by atoms with Gasteiger partial charge >= 0.3 is 5.97 Å². The van der Waals surface area contributed by atoms with Crippen LogP contribution in [0.1, 0.15) is 25.7 Å². The van der Waals surface area contributed by atoms with Gasteiger partial charge in [-0.2, -0.15) is 23.5 Å². The van der Waals surface area contributed by atoms with Crippen LogP contribution in [0.5, 0.6) is 0 Å². The number of carboxylic acids is 1. The van der Waals surface area contributed by atoms with E-state index in [0.717, 1.165) is 0 Å². The molecule has 188 valence electrons. The summed E-state index contributed by atoms with van der Waals surface area (Å²) in [5, 5.41) is 16.3. The fraction of sp³-hybridized carbons (Fsp3) is 0.667. The largest absolute Gasteiger partial charge is 0.480 e. The molecule has 0 radical (unpaired) electrons. The SMILES string of the molecule is CSCCC(NC(=O)C(CC(N)=O)NC(=O)C(CCSC)NC(=O)C(N)CC(N)=O)C(=O)O. The van der Waals surface area contributed by atoms with E-state index >= 15 is 0 Å². The van der Waals surface area contributed by atoms with E-state index in [9.17, 15) is 33.9 Å². The molecular formula is C18H32N6O7S2. The molecule has 0 aliphatic carbocycles. The molecular weight excluding hydrogens is 476 g/mol. The lowest BCUT2D eigenvalue weighted by molar-refractivity contribution is -0.142. The quantitative estimate of drug-likeness (QED) is 0.106. The van der Waals surface area contributed by atoms with E-state index in [1.54, 1.807) is 12.5 Å².